The van der Waals surface area contributed by atoms with Crippen LogP contribution < -0.4 is 4.74 Å². The number of hydrogen-bond donors (Lipinski definition) is 1. The predicted octanol–water partition coefficient (Wildman–Crippen LogP) is 2.78. The molecule has 0 bridgehead atoms. The molecule has 0 amide bonds. The van der Waals surface area contributed by atoms with Gasteiger partial charge >= 0.3 is 0 Å². The maximum atomic E-state index is 10.6. The van der Waals surface area contributed by atoms with Gasteiger partial charge in [0.05, 0.1) is 0 Å². The Morgan fingerprint density at radius 1 is 1.12 bits per heavy atom. The van der Waals surface area contributed by atoms with Crippen molar-refractivity contribution in [3.63, 3.8) is 0 Å². The van der Waals surface area contributed by atoms with Gasteiger partial charge < -0.3 is 9.84 Å². The van der Waals surface area contributed by atoms with Crippen LogP contribution in [0.1, 0.15) is 15.9 Å². The second kappa shape index (κ2) is 5.16. The largest absolute Gasteiger partial charge is 0.508 e. The Kier molecular flexibility index (Phi) is 3.40. The molecular formula is C14H12O3. The first-order valence-electron chi connectivity index (χ1n) is 5.24. The predicted molar refractivity (Wildman–Crippen MR) is 64.3 cm³/mol. The van der Waals surface area contributed by atoms with E-state index in [1.54, 1.807) is 42.5 Å². The number of hydrogen-bond acceptors (Lipinski definition) is 3. The molecule has 0 aliphatic rings. The molecule has 86 valence electrons. The highest BCUT2D eigenvalue weighted by Crippen LogP contribution is 2.16. The van der Waals surface area contributed by atoms with E-state index in [2.05, 4.69) is 0 Å². The topological polar surface area (TPSA) is 46.5 Å². The fourth-order valence-electron chi connectivity index (χ4n) is 1.49. The van der Waals surface area contributed by atoms with Crippen LogP contribution in [0.2, 0.25) is 0 Å². The Morgan fingerprint density at radius 3 is 2.71 bits per heavy atom. The Morgan fingerprint density at radius 2 is 1.94 bits per heavy atom. The average molecular weight is 228 g/mol. The molecule has 0 fully saturated rings. The molecule has 1 N–H and O–H groups in total. The molecule has 0 atom stereocenters. The fourth-order valence-corrected chi connectivity index (χ4v) is 1.49. The average Bonchev–Trinajstić information content (AvgIpc) is 2.37. The molecule has 0 saturated heterocycles. The lowest BCUT2D eigenvalue weighted by Crippen LogP contribution is -1.95. The van der Waals surface area contributed by atoms with Gasteiger partial charge in [0.25, 0.3) is 0 Å². The van der Waals surface area contributed by atoms with Gasteiger partial charge in [-0.05, 0) is 29.8 Å². The first kappa shape index (κ1) is 11.2. The van der Waals surface area contributed by atoms with Gasteiger partial charge in [0.15, 0.2) is 0 Å². The van der Waals surface area contributed by atoms with Crippen molar-refractivity contribution in [1.82, 2.24) is 0 Å². The lowest BCUT2D eigenvalue weighted by molar-refractivity contribution is 0.112. The van der Waals surface area contributed by atoms with Crippen LogP contribution >= 0.6 is 0 Å². The molecule has 2 rings (SSSR count). The van der Waals surface area contributed by atoms with Crippen LogP contribution in [0.15, 0.2) is 48.5 Å². The third kappa shape index (κ3) is 3.08. The molecule has 2 aromatic rings. The van der Waals surface area contributed by atoms with E-state index in [0.29, 0.717) is 17.9 Å². The maximum absolute atomic E-state index is 10.6. The summed E-state index contributed by atoms with van der Waals surface area (Å²) in [7, 11) is 0. The third-order valence-corrected chi connectivity index (χ3v) is 2.31. The number of carbonyl (C=O) groups excluding carboxylic acids is 1. The number of phenols is 1. The Balaban J connectivity index is 2.04. The number of aldehydes is 1. The number of ether oxygens (including phenoxy) is 1. The molecule has 3 nitrogen and oxygen atoms in total. The van der Waals surface area contributed by atoms with Crippen LogP contribution in [-0.2, 0) is 6.61 Å². The summed E-state index contributed by atoms with van der Waals surface area (Å²) >= 11 is 0. The van der Waals surface area contributed by atoms with E-state index in [4.69, 9.17) is 4.74 Å². The molecular weight excluding hydrogens is 216 g/mol. The molecule has 0 aromatic heterocycles. The summed E-state index contributed by atoms with van der Waals surface area (Å²) in [6.45, 7) is 0.358. The number of aromatic hydroxyl groups is 1. The number of carbonyl (C=O) groups is 1. The van der Waals surface area contributed by atoms with Gasteiger partial charge in [0.1, 0.15) is 24.4 Å². The summed E-state index contributed by atoms with van der Waals surface area (Å²) in [5, 5.41) is 9.29. The minimum Gasteiger partial charge on any atom is -0.508 e. The fraction of sp³-hybridized carbons (Fsp3) is 0.0714. The van der Waals surface area contributed by atoms with E-state index in [9.17, 15) is 9.90 Å². The van der Waals surface area contributed by atoms with E-state index >= 15 is 0 Å². The summed E-state index contributed by atoms with van der Waals surface area (Å²) in [4.78, 5) is 10.6. The minimum atomic E-state index is 0.216. The van der Waals surface area contributed by atoms with E-state index < -0.39 is 0 Å². The molecule has 0 aliphatic carbocycles. The SMILES string of the molecule is O=Cc1cccc(OCc2cccc(O)c2)c1. The van der Waals surface area contributed by atoms with Gasteiger partial charge in [-0.1, -0.05) is 24.3 Å². The zero-order chi connectivity index (χ0) is 12.1. The Hall–Kier alpha value is -2.29. The van der Waals surface area contributed by atoms with Gasteiger partial charge in [-0.25, -0.2) is 0 Å². The van der Waals surface area contributed by atoms with E-state index in [0.717, 1.165) is 11.8 Å². The van der Waals surface area contributed by atoms with Gasteiger partial charge in [0.2, 0.25) is 0 Å². The van der Waals surface area contributed by atoms with Crippen molar-refractivity contribution < 1.29 is 14.6 Å². The number of phenolic OH excluding ortho intramolecular Hbond substituents is 1. The van der Waals surface area contributed by atoms with E-state index in [1.165, 1.54) is 0 Å². The van der Waals surface area contributed by atoms with Gasteiger partial charge in [-0.3, -0.25) is 4.79 Å². The summed E-state index contributed by atoms with van der Waals surface area (Å²) in [5.41, 5.74) is 1.46. The smallest absolute Gasteiger partial charge is 0.150 e. The number of benzene rings is 2. The lowest BCUT2D eigenvalue weighted by Gasteiger charge is -2.06. The van der Waals surface area contributed by atoms with Gasteiger partial charge in [-0.15, -0.1) is 0 Å². The monoisotopic (exact) mass is 228 g/mol. The van der Waals surface area contributed by atoms with Crippen molar-refractivity contribution in [2.45, 2.75) is 6.61 Å². The second-order valence-corrected chi connectivity index (χ2v) is 3.65. The highest BCUT2D eigenvalue weighted by molar-refractivity contribution is 5.75. The van der Waals surface area contributed by atoms with Crippen molar-refractivity contribution >= 4 is 6.29 Å². The zero-order valence-corrected chi connectivity index (χ0v) is 9.17. The van der Waals surface area contributed by atoms with Gasteiger partial charge in [-0.2, -0.15) is 0 Å². The quantitative estimate of drug-likeness (QED) is 0.818. The summed E-state index contributed by atoms with van der Waals surface area (Å²) in [6.07, 6.45) is 0.779. The van der Waals surface area contributed by atoms with Crippen molar-refractivity contribution in [2.75, 3.05) is 0 Å². The van der Waals surface area contributed by atoms with E-state index in [-0.39, 0.29) is 5.75 Å². The van der Waals surface area contributed by atoms with Crippen LogP contribution in [0, 0.1) is 0 Å². The highest BCUT2D eigenvalue weighted by Gasteiger charge is 1.98. The molecule has 0 heterocycles. The molecule has 17 heavy (non-hydrogen) atoms. The molecule has 0 saturated carbocycles. The number of rotatable bonds is 4. The van der Waals surface area contributed by atoms with Crippen LogP contribution in [0.25, 0.3) is 0 Å². The summed E-state index contributed by atoms with van der Waals surface area (Å²) in [5.74, 6) is 0.852. The second-order valence-electron chi connectivity index (χ2n) is 3.65. The van der Waals surface area contributed by atoms with Gasteiger partial charge in [0, 0.05) is 5.56 Å². The van der Waals surface area contributed by atoms with Crippen LogP contribution in [0.5, 0.6) is 11.5 Å². The minimum absolute atomic E-state index is 0.216. The normalized spacial score (nSPS) is 9.88. The zero-order valence-electron chi connectivity index (χ0n) is 9.17. The Labute approximate surface area is 99.3 Å². The van der Waals surface area contributed by atoms with Crippen LogP contribution in [0.4, 0.5) is 0 Å². The van der Waals surface area contributed by atoms with Crippen LogP contribution in [-0.4, -0.2) is 11.4 Å². The summed E-state index contributed by atoms with van der Waals surface area (Å²) in [6, 6.07) is 13.8. The molecule has 0 aliphatic heterocycles. The molecule has 2 aromatic carbocycles. The van der Waals surface area contributed by atoms with Crippen molar-refractivity contribution in [3.8, 4) is 11.5 Å². The van der Waals surface area contributed by atoms with Crippen molar-refractivity contribution in [3.05, 3.63) is 59.7 Å². The third-order valence-electron chi connectivity index (χ3n) is 2.31. The maximum Gasteiger partial charge on any atom is 0.150 e. The first-order chi connectivity index (χ1) is 8.28. The first-order valence-corrected chi connectivity index (χ1v) is 5.24. The standard InChI is InChI=1S/C14H12O3/c15-9-11-3-2-6-14(8-11)17-10-12-4-1-5-13(16)7-12/h1-9,16H,10H2. The summed E-state index contributed by atoms with van der Waals surface area (Å²) < 4.78 is 5.52. The van der Waals surface area contributed by atoms with Crippen molar-refractivity contribution in [2.24, 2.45) is 0 Å². The lowest BCUT2D eigenvalue weighted by atomic mass is 10.2. The highest BCUT2D eigenvalue weighted by atomic mass is 16.5. The van der Waals surface area contributed by atoms with Crippen molar-refractivity contribution in [1.29, 1.82) is 0 Å². The molecule has 0 radical (unpaired) electrons. The molecule has 0 unspecified atom stereocenters. The molecule has 0 spiro atoms. The van der Waals surface area contributed by atoms with Crippen LogP contribution in [0.3, 0.4) is 0 Å². The molecule has 3 heteroatoms. The Bertz CT molecular complexity index is 520. The van der Waals surface area contributed by atoms with E-state index in [1.807, 2.05) is 6.07 Å².